The number of carbonyl (C=O) groups is 2. The summed E-state index contributed by atoms with van der Waals surface area (Å²) in [7, 11) is 1.57. The average molecular weight is 327 g/mol. The summed E-state index contributed by atoms with van der Waals surface area (Å²) in [5.41, 5.74) is 5.05. The van der Waals surface area contributed by atoms with Crippen LogP contribution >= 0.6 is 15.9 Å². The Morgan fingerprint density at radius 1 is 1.53 bits per heavy atom. The molecule has 1 aromatic rings. The maximum atomic E-state index is 11.9. The van der Waals surface area contributed by atoms with Crippen molar-refractivity contribution in [2.45, 2.75) is 18.4 Å². The Morgan fingerprint density at radius 3 is 2.74 bits per heavy atom. The third-order valence-corrected chi connectivity index (χ3v) is 3.41. The number of nitrogens with one attached hydrogen (secondary N) is 1. The van der Waals surface area contributed by atoms with Crippen molar-refractivity contribution >= 4 is 33.6 Å². The Balaban J connectivity index is 1.87. The molecule has 0 spiro atoms. The van der Waals surface area contributed by atoms with Crippen LogP contribution in [0.15, 0.2) is 22.8 Å². The number of likely N-dealkylation sites (N-methyl/N-ethyl adjacent to an activating group) is 1. The van der Waals surface area contributed by atoms with Gasteiger partial charge in [-0.15, -0.1) is 0 Å². The van der Waals surface area contributed by atoms with Gasteiger partial charge in [0.25, 0.3) is 0 Å². The van der Waals surface area contributed by atoms with Crippen molar-refractivity contribution in [2.75, 3.05) is 18.9 Å². The van der Waals surface area contributed by atoms with E-state index in [4.69, 9.17) is 5.73 Å². The number of amides is 2. The highest BCUT2D eigenvalue weighted by atomic mass is 79.9. The summed E-state index contributed by atoms with van der Waals surface area (Å²) in [6.45, 7) is -0.0322. The quantitative estimate of drug-likeness (QED) is 0.853. The lowest BCUT2D eigenvalue weighted by atomic mass is 10.2. The number of halogens is 1. The molecule has 19 heavy (non-hydrogen) atoms. The number of anilines is 1. The lowest BCUT2D eigenvalue weighted by molar-refractivity contribution is -0.135. The van der Waals surface area contributed by atoms with Crippen LogP contribution in [0.25, 0.3) is 0 Å². The number of rotatable bonds is 4. The van der Waals surface area contributed by atoms with Crippen LogP contribution < -0.4 is 11.1 Å². The van der Waals surface area contributed by atoms with Crippen LogP contribution in [0.5, 0.6) is 0 Å². The van der Waals surface area contributed by atoms with Crippen molar-refractivity contribution in [3.05, 3.63) is 22.8 Å². The number of hydrogen-bond donors (Lipinski definition) is 2. The molecule has 0 atom stereocenters. The smallest absolute Gasteiger partial charge is 0.245 e. The number of aromatic nitrogens is 1. The third kappa shape index (κ3) is 3.51. The van der Waals surface area contributed by atoms with Crippen molar-refractivity contribution in [1.29, 1.82) is 0 Å². The Kier molecular flexibility index (Phi) is 3.86. The second kappa shape index (κ2) is 5.26. The lowest BCUT2D eigenvalue weighted by Gasteiger charge is -2.20. The summed E-state index contributed by atoms with van der Waals surface area (Å²) >= 11 is 3.26. The Bertz CT molecular complexity index is 499. The molecule has 0 unspecified atom stereocenters. The predicted molar refractivity (Wildman–Crippen MR) is 74.4 cm³/mol. The summed E-state index contributed by atoms with van der Waals surface area (Å²) in [6, 6.07) is 3.45. The SMILES string of the molecule is CN(CC(=O)Nc1ccc(Br)cn1)C(=O)C1(N)CC1. The first-order chi connectivity index (χ1) is 8.90. The molecule has 1 aliphatic carbocycles. The predicted octanol–water partition coefficient (Wildman–Crippen LogP) is 0.732. The van der Waals surface area contributed by atoms with Crippen molar-refractivity contribution in [3.8, 4) is 0 Å². The molecule has 7 heteroatoms. The molecule has 3 N–H and O–H groups in total. The monoisotopic (exact) mass is 326 g/mol. The Labute approximate surface area is 119 Å². The molecule has 102 valence electrons. The molecule has 0 bridgehead atoms. The second-order valence-electron chi connectivity index (χ2n) is 4.73. The second-order valence-corrected chi connectivity index (χ2v) is 5.64. The summed E-state index contributed by atoms with van der Waals surface area (Å²) in [5, 5.41) is 2.62. The van der Waals surface area contributed by atoms with Crippen LogP contribution in [0.1, 0.15) is 12.8 Å². The van der Waals surface area contributed by atoms with Gasteiger partial charge in [-0.25, -0.2) is 4.98 Å². The van der Waals surface area contributed by atoms with Crippen LogP contribution in [0.2, 0.25) is 0 Å². The van der Waals surface area contributed by atoms with Gasteiger partial charge in [-0.3, -0.25) is 9.59 Å². The third-order valence-electron chi connectivity index (χ3n) is 2.94. The van der Waals surface area contributed by atoms with Gasteiger partial charge in [-0.2, -0.15) is 0 Å². The van der Waals surface area contributed by atoms with Crippen LogP contribution in [-0.2, 0) is 9.59 Å². The van der Waals surface area contributed by atoms with E-state index in [1.165, 1.54) is 4.90 Å². The standard InChI is InChI=1S/C12H15BrN4O2/c1-17(11(19)12(14)4-5-12)7-10(18)16-9-3-2-8(13)6-15-9/h2-3,6H,4-5,7,14H2,1H3,(H,15,16,18). The van der Waals surface area contributed by atoms with Crippen molar-refractivity contribution in [1.82, 2.24) is 9.88 Å². The minimum Gasteiger partial charge on any atom is -0.335 e. The number of nitrogens with zero attached hydrogens (tertiary/aromatic N) is 2. The van der Waals surface area contributed by atoms with Gasteiger partial charge in [0.2, 0.25) is 11.8 Å². The van der Waals surface area contributed by atoms with E-state index in [2.05, 4.69) is 26.2 Å². The lowest BCUT2D eigenvalue weighted by Crippen LogP contribution is -2.46. The van der Waals surface area contributed by atoms with Gasteiger partial charge in [0.1, 0.15) is 5.82 Å². The van der Waals surface area contributed by atoms with E-state index in [1.807, 2.05) is 0 Å². The number of carbonyl (C=O) groups excluding carboxylic acids is 2. The van der Waals surface area contributed by atoms with Gasteiger partial charge >= 0.3 is 0 Å². The fourth-order valence-corrected chi connectivity index (χ4v) is 1.88. The summed E-state index contributed by atoms with van der Waals surface area (Å²) in [5.74, 6) is -0.0377. The van der Waals surface area contributed by atoms with Crippen LogP contribution in [-0.4, -0.2) is 40.8 Å². The maximum absolute atomic E-state index is 11.9. The molecule has 2 amide bonds. The molecule has 0 aliphatic heterocycles. The Morgan fingerprint density at radius 2 is 2.21 bits per heavy atom. The minimum absolute atomic E-state index is 0.0322. The van der Waals surface area contributed by atoms with E-state index >= 15 is 0 Å². The van der Waals surface area contributed by atoms with Gasteiger partial charge in [-0.05, 0) is 40.9 Å². The molecule has 0 aromatic carbocycles. The van der Waals surface area contributed by atoms with Gasteiger partial charge in [0, 0.05) is 17.7 Å². The van der Waals surface area contributed by atoms with Crippen molar-refractivity contribution < 1.29 is 9.59 Å². The molecular weight excluding hydrogens is 312 g/mol. The van der Waals surface area contributed by atoms with Crippen molar-refractivity contribution in [3.63, 3.8) is 0 Å². The molecule has 1 saturated carbocycles. The molecule has 1 fully saturated rings. The summed E-state index contributed by atoms with van der Waals surface area (Å²) in [4.78, 5) is 29.0. The van der Waals surface area contributed by atoms with Crippen LogP contribution in [0.4, 0.5) is 5.82 Å². The number of pyridine rings is 1. The van der Waals surface area contributed by atoms with E-state index in [-0.39, 0.29) is 18.4 Å². The highest BCUT2D eigenvalue weighted by molar-refractivity contribution is 9.10. The van der Waals surface area contributed by atoms with E-state index < -0.39 is 5.54 Å². The molecule has 0 radical (unpaired) electrons. The normalized spacial score (nSPS) is 15.7. The molecule has 1 aromatic heterocycles. The fourth-order valence-electron chi connectivity index (χ4n) is 1.65. The van der Waals surface area contributed by atoms with Gasteiger partial charge in [-0.1, -0.05) is 0 Å². The van der Waals surface area contributed by atoms with Gasteiger partial charge in [0.15, 0.2) is 0 Å². The zero-order valence-electron chi connectivity index (χ0n) is 10.5. The first-order valence-electron chi connectivity index (χ1n) is 5.86. The van der Waals surface area contributed by atoms with Crippen LogP contribution in [0, 0.1) is 0 Å². The van der Waals surface area contributed by atoms with Gasteiger partial charge in [0.05, 0.1) is 12.1 Å². The minimum atomic E-state index is -0.745. The van der Waals surface area contributed by atoms with Crippen molar-refractivity contribution in [2.24, 2.45) is 5.73 Å². The Hall–Kier alpha value is -1.47. The molecule has 6 nitrogen and oxygen atoms in total. The zero-order valence-corrected chi connectivity index (χ0v) is 12.1. The topological polar surface area (TPSA) is 88.3 Å². The molecule has 0 saturated heterocycles. The first kappa shape index (κ1) is 14.0. The zero-order chi connectivity index (χ0) is 14.0. The summed E-state index contributed by atoms with van der Waals surface area (Å²) < 4.78 is 0.830. The highest BCUT2D eigenvalue weighted by Crippen LogP contribution is 2.33. The highest BCUT2D eigenvalue weighted by Gasteiger charge is 2.47. The fraction of sp³-hybridized carbons (Fsp3) is 0.417. The molecular formula is C12H15BrN4O2. The number of nitrogens with two attached hydrogens (primary N) is 1. The van der Waals surface area contributed by atoms with Crippen LogP contribution in [0.3, 0.4) is 0 Å². The maximum Gasteiger partial charge on any atom is 0.245 e. The van der Waals surface area contributed by atoms with E-state index in [1.54, 1.807) is 25.4 Å². The first-order valence-corrected chi connectivity index (χ1v) is 6.66. The molecule has 1 aliphatic rings. The average Bonchev–Trinajstić information content (AvgIpc) is 3.10. The molecule has 1 heterocycles. The summed E-state index contributed by atoms with van der Waals surface area (Å²) in [6.07, 6.45) is 2.96. The van der Waals surface area contributed by atoms with E-state index in [0.29, 0.717) is 18.7 Å². The van der Waals surface area contributed by atoms with E-state index in [9.17, 15) is 9.59 Å². The molecule has 2 rings (SSSR count). The van der Waals surface area contributed by atoms with Gasteiger partial charge < -0.3 is 16.0 Å². The van der Waals surface area contributed by atoms with E-state index in [0.717, 1.165) is 4.47 Å². The number of hydrogen-bond acceptors (Lipinski definition) is 4. The largest absolute Gasteiger partial charge is 0.335 e.